The molecule has 7 nitrogen and oxygen atoms in total. The molecular weight excluding hydrogens is 542 g/mol. The number of thiocarbonyl (C=S) groups is 1. The van der Waals surface area contributed by atoms with Crippen LogP contribution in [0.15, 0.2) is 77.3 Å². The Labute approximate surface area is 224 Å². The Morgan fingerprint density at radius 1 is 0.917 bits per heavy atom. The molecule has 0 aliphatic heterocycles. The van der Waals surface area contributed by atoms with Crippen LogP contribution < -0.4 is 25.6 Å². The molecule has 0 spiro atoms. The molecule has 3 rings (SSSR count). The van der Waals surface area contributed by atoms with E-state index in [4.69, 9.17) is 21.7 Å². The molecule has 0 saturated carbocycles. The van der Waals surface area contributed by atoms with Crippen molar-refractivity contribution in [3.8, 4) is 22.6 Å². The predicted octanol–water partition coefficient (Wildman–Crippen LogP) is 5.26. The topological polar surface area (TPSA) is 88.7 Å². The highest BCUT2D eigenvalue weighted by Gasteiger charge is 2.15. The summed E-state index contributed by atoms with van der Waals surface area (Å²) in [6.07, 6.45) is 0.863. The first kappa shape index (κ1) is 27.2. The first-order valence-electron chi connectivity index (χ1n) is 11.4. The third kappa shape index (κ3) is 8.66. The van der Waals surface area contributed by atoms with Gasteiger partial charge in [-0.05, 0) is 66.0 Å². The van der Waals surface area contributed by atoms with Gasteiger partial charge in [0.15, 0.2) is 11.7 Å². The van der Waals surface area contributed by atoms with Crippen LogP contribution in [0.2, 0.25) is 0 Å². The Kier molecular flexibility index (Phi) is 10.3. The average molecular weight is 571 g/mol. The minimum Gasteiger partial charge on any atom is -0.493 e. The van der Waals surface area contributed by atoms with E-state index in [0.717, 1.165) is 22.0 Å². The molecule has 2 amide bonds. The van der Waals surface area contributed by atoms with Crippen molar-refractivity contribution in [3.05, 3.63) is 82.8 Å². The summed E-state index contributed by atoms with van der Waals surface area (Å²) in [5.41, 5.74) is 7.39. The van der Waals surface area contributed by atoms with E-state index in [0.29, 0.717) is 29.6 Å². The van der Waals surface area contributed by atoms with Gasteiger partial charge in [0, 0.05) is 4.47 Å². The van der Waals surface area contributed by atoms with Gasteiger partial charge in [-0.15, -0.1) is 0 Å². The zero-order valence-electron chi connectivity index (χ0n) is 20.0. The lowest BCUT2D eigenvalue weighted by atomic mass is 10.1. The lowest BCUT2D eigenvalue weighted by molar-refractivity contribution is -0.123. The van der Waals surface area contributed by atoms with Crippen LogP contribution in [-0.2, 0) is 4.79 Å². The van der Waals surface area contributed by atoms with Crippen molar-refractivity contribution in [2.24, 2.45) is 5.92 Å². The number of hydrazine groups is 1. The number of carbonyl (C=O) groups is 2. The highest BCUT2D eigenvalue weighted by molar-refractivity contribution is 9.10. The van der Waals surface area contributed by atoms with Gasteiger partial charge in [0.05, 0.1) is 12.2 Å². The molecule has 188 valence electrons. The minimum absolute atomic E-state index is 0.0614. The SMILES string of the molecule is CC(C)CCOc1ccc(Br)cc1C(=O)NC(=S)NNC(=O)COc1ccc(-c2ccccc2)cc1. The zero-order valence-corrected chi connectivity index (χ0v) is 22.4. The Morgan fingerprint density at radius 2 is 1.61 bits per heavy atom. The van der Waals surface area contributed by atoms with Crippen molar-refractivity contribution < 1.29 is 19.1 Å². The molecular formula is C27H28BrN3O4S. The van der Waals surface area contributed by atoms with Crippen LogP contribution in [0.5, 0.6) is 11.5 Å². The van der Waals surface area contributed by atoms with Crippen LogP contribution in [0, 0.1) is 5.92 Å². The van der Waals surface area contributed by atoms with Crippen molar-refractivity contribution >= 4 is 45.1 Å². The second-order valence-corrected chi connectivity index (χ2v) is 9.63. The largest absolute Gasteiger partial charge is 0.493 e. The van der Waals surface area contributed by atoms with Crippen LogP contribution in [-0.4, -0.2) is 30.1 Å². The lowest BCUT2D eigenvalue weighted by Crippen LogP contribution is -2.49. The van der Waals surface area contributed by atoms with Crippen molar-refractivity contribution in [1.29, 1.82) is 0 Å². The summed E-state index contributed by atoms with van der Waals surface area (Å²) in [5, 5.41) is 2.48. The van der Waals surface area contributed by atoms with Gasteiger partial charge in [-0.1, -0.05) is 72.2 Å². The second-order valence-electron chi connectivity index (χ2n) is 8.31. The zero-order chi connectivity index (χ0) is 25.9. The molecule has 9 heteroatoms. The standard InChI is InChI=1S/C27H28BrN3O4S/c1-18(2)14-15-34-24-13-10-21(28)16-23(24)26(33)29-27(36)31-30-25(32)17-35-22-11-8-20(9-12-22)19-6-4-3-5-7-19/h3-13,16,18H,14-15,17H2,1-2H3,(H,30,32)(H2,29,31,33,36). The van der Waals surface area contributed by atoms with Crippen molar-refractivity contribution in [2.75, 3.05) is 13.2 Å². The van der Waals surface area contributed by atoms with Gasteiger partial charge in [-0.2, -0.15) is 0 Å². The Hall–Kier alpha value is -3.43. The molecule has 0 saturated heterocycles. The van der Waals surface area contributed by atoms with E-state index in [-0.39, 0.29) is 11.7 Å². The highest BCUT2D eigenvalue weighted by atomic mass is 79.9. The van der Waals surface area contributed by atoms with Gasteiger partial charge < -0.3 is 9.47 Å². The van der Waals surface area contributed by atoms with Crippen LogP contribution in [0.3, 0.4) is 0 Å². The van der Waals surface area contributed by atoms with Crippen LogP contribution in [0.4, 0.5) is 0 Å². The maximum absolute atomic E-state index is 12.7. The van der Waals surface area contributed by atoms with Crippen molar-refractivity contribution in [1.82, 2.24) is 16.2 Å². The van der Waals surface area contributed by atoms with E-state index in [1.54, 1.807) is 30.3 Å². The van der Waals surface area contributed by atoms with E-state index < -0.39 is 11.8 Å². The number of nitrogens with one attached hydrogen (secondary N) is 3. The Bertz CT molecular complexity index is 1190. The molecule has 36 heavy (non-hydrogen) atoms. The fourth-order valence-electron chi connectivity index (χ4n) is 3.10. The van der Waals surface area contributed by atoms with E-state index >= 15 is 0 Å². The molecule has 0 bridgehead atoms. The van der Waals surface area contributed by atoms with Gasteiger partial charge in [-0.25, -0.2) is 0 Å². The molecule has 3 aromatic carbocycles. The first-order chi connectivity index (χ1) is 17.3. The number of carbonyl (C=O) groups excluding carboxylic acids is 2. The van der Waals surface area contributed by atoms with Crippen molar-refractivity contribution in [2.45, 2.75) is 20.3 Å². The van der Waals surface area contributed by atoms with E-state index in [9.17, 15) is 9.59 Å². The lowest BCUT2D eigenvalue weighted by Gasteiger charge is -2.14. The molecule has 0 aliphatic rings. The number of rotatable bonds is 9. The Balaban J connectivity index is 1.45. The van der Waals surface area contributed by atoms with Gasteiger partial charge >= 0.3 is 0 Å². The monoisotopic (exact) mass is 569 g/mol. The normalized spacial score (nSPS) is 10.4. The number of hydrogen-bond acceptors (Lipinski definition) is 5. The van der Waals surface area contributed by atoms with E-state index in [1.807, 2.05) is 42.5 Å². The molecule has 0 fully saturated rings. The molecule has 0 atom stereocenters. The van der Waals surface area contributed by atoms with Crippen LogP contribution in [0.25, 0.3) is 11.1 Å². The number of benzene rings is 3. The summed E-state index contributed by atoms with van der Waals surface area (Å²) < 4.78 is 12.0. The average Bonchev–Trinajstić information content (AvgIpc) is 2.87. The number of hydrogen-bond donors (Lipinski definition) is 3. The second kappa shape index (κ2) is 13.6. The fourth-order valence-corrected chi connectivity index (χ4v) is 3.60. The summed E-state index contributed by atoms with van der Waals surface area (Å²) in [4.78, 5) is 24.9. The molecule has 0 aliphatic carbocycles. The Morgan fingerprint density at radius 3 is 2.31 bits per heavy atom. The van der Waals surface area contributed by atoms with Gasteiger partial charge in [0.2, 0.25) is 0 Å². The number of amides is 2. The maximum Gasteiger partial charge on any atom is 0.276 e. The molecule has 0 heterocycles. The molecule has 0 aromatic heterocycles. The minimum atomic E-state index is -0.461. The van der Waals surface area contributed by atoms with Gasteiger partial charge in [-0.3, -0.25) is 25.8 Å². The molecule has 0 radical (unpaired) electrons. The summed E-state index contributed by atoms with van der Waals surface area (Å²) in [7, 11) is 0. The smallest absolute Gasteiger partial charge is 0.276 e. The fraction of sp³-hybridized carbons (Fsp3) is 0.222. The molecule has 3 N–H and O–H groups in total. The predicted molar refractivity (Wildman–Crippen MR) is 148 cm³/mol. The third-order valence-electron chi connectivity index (χ3n) is 5.01. The van der Waals surface area contributed by atoms with E-state index in [1.165, 1.54) is 0 Å². The summed E-state index contributed by atoms with van der Waals surface area (Å²) in [6.45, 7) is 4.47. The van der Waals surface area contributed by atoms with E-state index in [2.05, 4.69) is 45.9 Å². The summed E-state index contributed by atoms with van der Waals surface area (Å²) in [6, 6.07) is 22.6. The van der Waals surface area contributed by atoms with Gasteiger partial charge in [0.25, 0.3) is 11.8 Å². The molecule has 3 aromatic rings. The maximum atomic E-state index is 12.7. The third-order valence-corrected chi connectivity index (χ3v) is 5.71. The van der Waals surface area contributed by atoms with Crippen LogP contribution >= 0.6 is 28.1 Å². The van der Waals surface area contributed by atoms with Crippen molar-refractivity contribution in [3.63, 3.8) is 0 Å². The quantitative estimate of drug-likeness (QED) is 0.241. The molecule has 0 unspecified atom stereocenters. The number of halogens is 1. The highest BCUT2D eigenvalue weighted by Crippen LogP contribution is 2.24. The number of ether oxygens (including phenoxy) is 2. The summed E-state index contributed by atoms with van der Waals surface area (Å²) in [5.74, 6) is 0.572. The first-order valence-corrected chi connectivity index (χ1v) is 12.6. The van der Waals surface area contributed by atoms with Crippen LogP contribution in [0.1, 0.15) is 30.6 Å². The van der Waals surface area contributed by atoms with Gasteiger partial charge in [0.1, 0.15) is 11.5 Å². The summed E-state index contributed by atoms with van der Waals surface area (Å²) >= 11 is 8.50.